The van der Waals surface area contributed by atoms with Gasteiger partial charge in [-0.2, -0.15) is 5.10 Å². The number of aromatic nitrogens is 2. The van der Waals surface area contributed by atoms with E-state index in [-0.39, 0.29) is 18.1 Å². The van der Waals surface area contributed by atoms with Crippen LogP contribution >= 0.6 is 0 Å². The van der Waals surface area contributed by atoms with E-state index in [2.05, 4.69) is 21.6 Å². The maximum atomic E-state index is 12.9. The van der Waals surface area contributed by atoms with Gasteiger partial charge in [0.1, 0.15) is 12.4 Å². The van der Waals surface area contributed by atoms with Crippen LogP contribution in [0.1, 0.15) is 41.4 Å². The topological polar surface area (TPSA) is 70.2 Å². The van der Waals surface area contributed by atoms with Gasteiger partial charge < -0.3 is 15.0 Å². The highest BCUT2D eigenvalue weighted by atomic mass is 16.5. The fourth-order valence-electron chi connectivity index (χ4n) is 4.04. The van der Waals surface area contributed by atoms with E-state index in [0.717, 1.165) is 54.1 Å². The highest BCUT2D eigenvalue weighted by molar-refractivity contribution is 5.75. The second kappa shape index (κ2) is 6.43. The molecule has 0 aliphatic carbocycles. The summed E-state index contributed by atoms with van der Waals surface area (Å²) < 4.78 is 5.79. The largest absolute Gasteiger partial charge is 0.491 e. The van der Waals surface area contributed by atoms with E-state index in [0.29, 0.717) is 6.61 Å². The minimum absolute atomic E-state index is 0.00418. The Morgan fingerprint density at radius 3 is 3.00 bits per heavy atom. The molecule has 6 heteroatoms. The van der Waals surface area contributed by atoms with Crippen molar-refractivity contribution >= 4 is 6.03 Å². The molecule has 4 rings (SSSR count). The van der Waals surface area contributed by atoms with E-state index in [1.54, 1.807) is 0 Å². The quantitative estimate of drug-likeness (QED) is 0.883. The number of carbonyl (C=O) groups is 1. The maximum absolute atomic E-state index is 12.9. The fourth-order valence-corrected chi connectivity index (χ4v) is 4.04. The van der Waals surface area contributed by atoms with Crippen molar-refractivity contribution in [2.45, 2.75) is 45.2 Å². The highest BCUT2D eigenvalue weighted by Crippen LogP contribution is 2.35. The molecule has 0 unspecified atom stereocenters. The van der Waals surface area contributed by atoms with Crippen LogP contribution in [0.2, 0.25) is 0 Å². The number of hydrogen-bond donors (Lipinski definition) is 2. The standard InChI is InChI=1S/C19H24N4O2/c1-12-18(13(2)22-21-12)16-7-5-9-23(16)19(24)20-15-10-14-6-3-4-8-17(14)25-11-15/h3-4,6,8,15-16H,5,7,9-11H2,1-2H3,(H,20,24)(H,21,22)/t15-,16+/m1/s1. The predicted octanol–water partition coefficient (Wildman–Crippen LogP) is 2.88. The third-order valence-electron chi connectivity index (χ3n) is 5.24. The van der Waals surface area contributed by atoms with Crippen LogP contribution in [0.4, 0.5) is 4.79 Å². The second-order valence-corrected chi connectivity index (χ2v) is 6.97. The Balaban J connectivity index is 1.46. The summed E-state index contributed by atoms with van der Waals surface area (Å²) in [5.41, 5.74) is 4.35. The molecule has 6 nitrogen and oxygen atoms in total. The maximum Gasteiger partial charge on any atom is 0.318 e. The van der Waals surface area contributed by atoms with Gasteiger partial charge in [-0.25, -0.2) is 4.79 Å². The number of ether oxygens (including phenoxy) is 1. The summed E-state index contributed by atoms with van der Waals surface area (Å²) in [6.45, 7) is 5.32. The Labute approximate surface area is 147 Å². The Kier molecular flexibility index (Phi) is 4.11. The summed E-state index contributed by atoms with van der Waals surface area (Å²) in [6.07, 6.45) is 2.81. The number of hydrogen-bond acceptors (Lipinski definition) is 3. The SMILES string of the molecule is Cc1n[nH]c(C)c1[C@@H]1CCCN1C(=O)N[C@H]1COc2ccccc2C1. The number of nitrogens with one attached hydrogen (secondary N) is 2. The zero-order valence-corrected chi connectivity index (χ0v) is 14.7. The minimum atomic E-state index is -0.00418. The van der Waals surface area contributed by atoms with Gasteiger partial charge in [0.15, 0.2) is 0 Å². The number of H-pyrrole nitrogens is 1. The van der Waals surface area contributed by atoms with E-state index < -0.39 is 0 Å². The van der Waals surface area contributed by atoms with Crippen molar-refractivity contribution in [3.63, 3.8) is 0 Å². The molecule has 1 saturated heterocycles. The van der Waals surface area contributed by atoms with E-state index >= 15 is 0 Å². The smallest absolute Gasteiger partial charge is 0.318 e. The van der Waals surface area contributed by atoms with Crippen LogP contribution in [0.5, 0.6) is 5.75 Å². The van der Waals surface area contributed by atoms with Crippen LogP contribution < -0.4 is 10.1 Å². The van der Waals surface area contributed by atoms with Gasteiger partial charge in [0, 0.05) is 17.8 Å². The molecule has 0 saturated carbocycles. The summed E-state index contributed by atoms with van der Waals surface area (Å²) >= 11 is 0. The predicted molar refractivity (Wildman–Crippen MR) is 94.7 cm³/mol. The number of fused-ring (bicyclic) bond motifs is 1. The summed E-state index contributed by atoms with van der Waals surface area (Å²) in [4.78, 5) is 14.8. The van der Waals surface area contributed by atoms with Gasteiger partial charge in [-0.1, -0.05) is 18.2 Å². The number of benzene rings is 1. The number of urea groups is 1. The van der Waals surface area contributed by atoms with Crippen LogP contribution in [-0.4, -0.2) is 40.3 Å². The molecule has 2 atom stereocenters. The molecular weight excluding hydrogens is 316 g/mol. The Morgan fingerprint density at radius 1 is 1.36 bits per heavy atom. The van der Waals surface area contributed by atoms with E-state index in [1.165, 1.54) is 0 Å². The molecule has 2 amide bonds. The summed E-state index contributed by atoms with van der Waals surface area (Å²) in [5, 5.41) is 10.5. The van der Waals surface area contributed by atoms with Crippen LogP contribution in [0.25, 0.3) is 0 Å². The summed E-state index contributed by atoms with van der Waals surface area (Å²) in [5.74, 6) is 0.927. The molecule has 2 aliphatic rings. The molecule has 2 aliphatic heterocycles. The van der Waals surface area contributed by atoms with Crippen molar-refractivity contribution < 1.29 is 9.53 Å². The van der Waals surface area contributed by atoms with Crippen LogP contribution in [-0.2, 0) is 6.42 Å². The number of carbonyl (C=O) groups excluding carboxylic acids is 1. The van der Waals surface area contributed by atoms with Crippen LogP contribution in [0.3, 0.4) is 0 Å². The number of rotatable bonds is 2. The lowest BCUT2D eigenvalue weighted by molar-refractivity contribution is 0.176. The monoisotopic (exact) mass is 340 g/mol. The average Bonchev–Trinajstić information content (AvgIpc) is 3.21. The first kappa shape index (κ1) is 16.0. The molecule has 0 spiro atoms. The zero-order chi connectivity index (χ0) is 17.4. The molecule has 0 radical (unpaired) electrons. The number of aromatic amines is 1. The van der Waals surface area contributed by atoms with E-state index in [4.69, 9.17) is 4.74 Å². The van der Waals surface area contributed by atoms with Gasteiger partial charge in [0.05, 0.1) is 17.8 Å². The van der Waals surface area contributed by atoms with Crippen molar-refractivity contribution in [3.05, 3.63) is 46.8 Å². The van der Waals surface area contributed by atoms with Crippen molar-refractivity contribution in [2.75, 3.05) is 13.2 Å². The van der Waals surface area contributed by atoms with Crippen LogP contribution in [0.15, 0.2) is 24.3 Å². The highest BCUT2D eigenvalue weighted by Gasteiger charge is 2.34. The van der Waals surface area contributed by atoms with Crippen molar-refractivity contribution in [1.82, 2.24) is 20.4 Å². The first-order valence-electron chi connectivity index (χ1n) is 8.93. The van der Waals surface area contributed by atoms with Crippen molar-refractivity contribution in [2.24, 2.45) is 0 Å². The molecule has 132 valence electrons. The molecule has 25 heavy (non-hydrogen) atoms. The molecule has 1 fully saturated rings. The molecule has 0 bridgehead atoms. The Hall–Kier alpha value is -2.50. The van der Waals surface area contributed by atoms with Crippen molar-refractivity contribution in [1.29, 1.82) is 0 Å². The average molecular weight is 340 g/mol. The first-order chi connectivity index (χ1) is 12.1. The fraction of sp³-hybridized carbons (Fsp3) is 0.474. The number of amides is 2. The molecule has 2 aromatic rings. The van der Waals surface area contributed by atoms with Gasteiger partial charge in [0.25, 0.3) is 0 Å². The lowest BCUT2D eigenvalue weighted by Crippen LogP contribution is -2.48. The third kappa shape index (κ3) is 2.97. The number of para-hydroxylation sites is 1. The van der Waals surface area contributed by atoms with Crippen LogP contribution in [0, 0.1) is 13.8 Å². The molecule has 1 aromatic carbocycles. The number of aryl methyl sites for hydroxylation is 2. The Morgan fingerprint density at radius 2 is 2.20 bits per heavy atom. The van der Waals surface area contributed by atoms with E-state index in [1.807, 2.05) is 36.9 Å². The summed E-state index contributed by atoms with van der Waals surface area (Å²) in [7, 11) is 0. The van der Waals surface area contributed by atoms with Gasteiger partial charge in [-0.3, -0.25) is 5.10 Å². The molecule has 3 heterocycles. The first-order valence-corrected chi connectivity index (χ1v) is 8.93. The lowest BCUT2D eigenvalue weighted by atomic mass is 10.0. The number of likely N-dealkylation sites (tertiary alicyclic amines) is 1. The minimum Gasteiger partial charge on any atom is -0.491 e. The normalized spacial score (nSPS) is 22.4. The van der Waals surface area contributed by atoms with Gasteiger partial charge in [-0.05, 0) is 44.7 Å². The zero-order valence-electron chi connectivity index (χ0n) is 14.7. The Bertz CT molecular complexity index is 766. The van der Waals surface area contributed by atoms with Gasteiger partial charge in [0.2, 0.25) is 0 Å². The second-order valence-electron chi connectivity index (χ2n) is 6.97. The molecular formula is C19H24N4O2. The summed E-state index contributed by atoms with van der Waals surface area (Å²) in [6, 6.07) is 8.13. The third-order valence-corrected chi connectivity index (χ3v) is 5.24. The van der Waals surface area contributed by atoms with Gasteiger partial charge in [-0.15, -0.1) is 0 Å². The van der Waals surface area contributed by atoms with E-state index in [9.17, 15) is 4.79 Å². The number of nitrogens with zero attached hydrogens (tertiary/aromatic N) is 2. The molecule has 2 N–H and O–H groups in total. The lowest BCUT2D eigenvalue weighted by Gasteiger charge is -2.30. The van der Waals surface area contributed by atoms with Crippen molar-refractivity contribution in [3.8, 4) is 5.75 Å². The molecule has 1 aromatic heterocycles. The van der Waals surface area contributed by atoms with Gasteiger partial charge >= 0.3 is 6.03 Å².